The molecule has 1 aliphatic rings. The zero-order chi connectivity index (χ0) is 25.1. The third-order valence-corrected chi connectivity index (χ3v) is 7.99. The third-order valence-electron chi connectivity index (χ3n) is 5.40. The van der Waals surface area contributed by atoms with Crippen molar-refractivity contribution in [2.75, 3.05) is 13.2 Å². The minimum atomic E-state index is -4.05. The maximum atomic E-state index is 12.6. The molecule has 0 bridgehead atoms. The first-order valence-electron chi connectivity index (χ1n) is 10.9. The van der Waals surface area contributed by atoms with Crippen molar-refractivity contribution in [3.05, 3.63) is 95.6 Å². The zero-order valence-electron chi connectivity index (χ0n) is 19.2. The van der Waals surface area contributed by atoms with Crippen LogP contribution in [0.25, 0.3) is 0 Å². The van der Waals surface area contributed by atoms with E-state index in [2.05, 4.69) is 4.99 Å². The number of nitrogens with zero attached hydrogens (tertiary/aromatic N) is 1. The molecule has 0 saturated heterocycles. The fourth-order valence-corrected chi connectivity index (χ4v) is 5.20. The summed E-state index contributed by atoms with van der Waals surface area (Å²) in [7, 11) is -8.09. The van der Waals surface area contributed by atoms with Crippen LogP contribution in [0.5, 0.6) is 0 Å². The summed E-state index contributed by atoms with van der Waals surface area (Å²) < 4.78 is 67.0. The van der Waals surface area contributed by atoms with E-state index in [1.165, 1.54) is 24.3 Å². The van der Waals surface area contributed by atoms with E-state index in [0.29, 0.717) is 5.56 Å². The molecule has 0 radical (unpaired) electrons. The van der Waals surface area contributed by atoms with Gasteiger partial charge >= 0.3 is 0 Å². The second kappa shape index (κ2) is 10.3. The maximum Gasteiger partial charge on any atom is 0.297 e. The molecule has 0 fully saturated rings. The van der Waals surface area contributed by atoms with Gasteiger partial charge < -0.3 is 4.74 Å². The molecule has 0 spiro atoms. The van der Waals surface area contributed by atoms with Gasteiger partial charge in [0.05, 0.1) is 16.4 Å². The van der Waals surface area contributed by atoms with E-state index in [1.54, 1.807) is 48.5 Å². The molecule has 0 amide bonds. The second-order valence-corrected chi connectivity index (χ2v) is 11.4. The summed E-state index contributed by atoms with van der Waals surface area (Å²) in [6, 6.07) is 20.7. The first-order valence-corrected chi connectivity index (χ1v) is 13.7. The highest BCUT2D eigenvalue weighted by atomic mass is 32.2. The van der Waals surface area contributed by atoms with Crippen LogP contribution in [0.3, 0.4) is 0 Å². The number of hydrogen-bond donors (Lipinski definition) is 0. The lowest BCUT2D eigenvalue weighted by atomic mass is 10.2. The van der Waals surface area contributed by atoms with Crippen molar-refractivity contribution in [3.8, 4) is 0 Å². The van der Waals surface area contributed by atoms with Crippen LogP contribution in [0, 0.1) is 13.8 Å². The van der Waals surface area contributed by atoms with E-state index in [0.717, 1.165) is 11.1 Å². The van der Waals surface area contributed by atoms with Gasteiger partial charge in [-0.15, -0.1) is 0 Å². The molecular weight excluding hydrogens is 490 g/mol. The predicted molar refractivity (Wildman–Crippen MR) is 130 cm³/mol. The average molecular weight is 516 g/mol. The van der Waals surface area contributed by atoms with Crippen molar-refractivity contribution in [1.29, 1.82) is 0 Å². The van der Waals surface area contributed by atoms with Gasteiger partial charge in [-0.05, 0) is 50.2 Å². The van der Waals surface area contributed by atoms with Crippen molar-refractivity contribution >= 4 is 26.1 Å². The van der Waals surface area contributed by atoms with Crippen LogP contribution >= 0.6 is 0 Å². The predicted octanol–water partition coefficient (Wildman–Crippen LogP) is 3.63. The largest absolute Gasteiger partial charge is 0.469 e. The summed E-state index contributed by atoms with van der Waals surface area (Å²) in [5, 5.41) is 0. The van der Waals surface area contributed by atoms with E-state index < -0.39 is 32.4 Å². The zero-order valence-corrected chi connectivity index (χ0v) is 20.8. The Morgan fingerprint density at radius 2 is 1.20 bits per heavy atom. The normalized spacial score (nSPS) is 18.2. The summed E-state index contributed by atoms with van der Waals surface area (Å²) in [6.07, 6.45) is -0.876. The number of aryl methyl sites for hydroxylation is 2. The topological polar surface area (TPSA) is 108 Å². The minimum Gasteiger partial charge on any atom is -0.469 e. The highest BCUT2D eigenvalue weighted by Crippen LogP contribution is 2.23. The molecule has 8 nitrogen and oxygen atoms in total. The number of rotatable bonds is 9. The van der Waals surface area contributed by atoms with Gasteiger partial charge in [0.25, 0.3) is 20.2 Å². The van der Waals surface area contributed by atoms with Gasteiger partial charge in [0.1, 0.15) is 18.8 Å². The van der Waals surface area contributed by atoms with Crippen LogP contribution in [0.2, 0.25) is 0 Å². The molecule has 0 saturated carbocycles. The van der Waals surface area contributed by atoms with Crippen LogP contribution in [0.1, 0.15) is 16.7 Å². The minimum absolute atomic E-state index is 0.0139. The molecule has 0 aliphatic carbocycles. The molecule has 0 N–H and O–H groups in total. The van der Waals surface area contributed by atoms with E-state index in [4.69, 9.17) is 13.1 Å². The first kappa shape index (κ1) is 25.1. The van der Waals surface area contributed by atoms with E-state index in [9.17, 15) is 16.8 Å². The number of benzene rings is 3. The third kappa shape index (κ3) is 6.15. The molecule has 3 aromatic rings. The molecular formula is C25H25NO7S2. The van der Waals surface area contributed by atoms with Crippen LogP contribution in [0.15, 0.2) is 93.6 Å². The van der Waals surface area contributed by atoms with Crippen molar-refractivity contribution in [2.45, 2.75) is 35.8 Å². The first-order chi connectivity index (χ1) is 16.6. The summed E-state index contributed by atoms with van der Waals surface area (Å²) in [4.78, 5) is 4.50. The van der Waals surface area contributed by atoms with Crippen molar-refractivity contribution in [1.82, 2.24) is 0 Å². The van der Waals surface area contributed by atoms with Gasteiger partial charge in [-0.1, -0.05) is 53.6 Å². The summed E-state index contributed by atoms with van der Waals surface area (Å²) in [5.74, 6) is 0.258. The Labute approximate surface area is 205 Å². The van der Waals surface area contributed by atoms with Gasteiger partial charge in [0.2, 0.25) is 5.90 Å². The SMILES string of the molecule is Cc1ccc(S(=O)(=O)OCC2N=C(c3ccccc3)OC2COS(=O)(=O)c2ccc(C)cc2)cc1. The molecule has 2 unspecified atom stereocenters. The van der Waals surface area contributed by atoms with Gasteiger partial charge in [0, 0.05) is 5.56 Å². The molecule has 4 rings (SSSR count). The molecule has 1 heterocycles. The Kier molecular flexibility index (Phi) is 7.36. The maximum absolute atomic E-state index is 12.6. The Morgan fingerprint density at radius 3 is 1.71 bits per heavy atom. The highest BCUT2D eigenvalue weighted by Gasteiger charge is 2.35. The number of hydrogen-bond acceptors (Lipinski definition) is 8. The van der Waals surface area contributed by atoms with Crippen LogP contribution in [-0.4, -0.2) is 48.1 Å². The lowest BCUT2D eigenvalue weighted by molar-refractivity contribution is 0.106. The molecule has 10 heteroatoms. The van der Waals surface area contributed by atoms with Crippen molar-refractivity contribution in [2.24, 2.45) is 4.99 Å². The van der Waals surface area contributed by atoms with E-state index in [1.807, 2.05) is 19.9 Å². The standard InChI is InChI=1S/C25H25NO7S2/c1-18-8-12-21(13-9-18)34(27,28)31-16-23-24(33-25(26-23)20-6-4-3-5-7-20)17-32-35(29,30)22-14-10-19(2)11-15-22/h3-15,23-24H,16-17H2,1-2H3. The van der Waals surface area contributed by atoms with Gasteiger partial charge in [-0.2, -0.15) is 16.8 Å². The Morgan fingerprint density at radius 1 is 0.714 bits per heavy atom. The average Bonchev–Trinajstić information content (AvgIpc) is 3.26. The van der Waals surface area contributed by atoms with Gasteiger partial charge in [-0.3, -0.25) is 8.37 Å². The van der Waals surface area contributed by atoms with Crippen LogP contribution in [0.4, 0.5) is 0 Å². The molecule has 1 aliphatic heterocycles. The number of ether oxygens (including phenoxy) is 1. The van der Waals surface area contributed by atoms with Crippen LogP contribution < -0.4 is 0 Å². The monoisotopic (exact) mass is 515 g/mol. The summed E-state index contributed by atoms with van der Waals surface area (Å²) in [6.45, 7) is 2.99. The molecule has 3 aromatic carbocycles. The highest BCUT2D eigenvalue weighted by molar-refractivity contribution is 7.87. The van der Waals surface area contributed by atoms with E-state index >= 15 is 0 Å². The Bertz CT molecular complexity index is 1400. The lowest BCUT2D eigenvalue weighted by Crippen LogP contribution is -2.33. The molecule has 0 aromatic heterocycles. The molecule has 184 valence electrons. The van der Waals surface area contributed by atoms with E-state index in [-0.39, 0.29) is 28.9 Å². The fourth-order valence-electron chi connectivity index (χ4n) is 3.36. The summed E-state index contributed by atoms with van der Waals surface area (Å²) >= 11 is 0. The fraction of sp³-hybridized carbons (Fsp3) is 0.240. The lowest BCUT2D eigenvalue weighted by Gasteiger charge is -2.18. The van der Waals surface area contributed by atoms with Gasteiger partial charge in [-0.25, -0.2) is 4.99 Å². The van der Waals surface area contributed by atoms with Crippen molar-refractivity contribution in [3.63, 3.8) is 0 Å². The molecule has 35 heavy (non-hydrogen) atoms. The Balaban J connectivity index is 1.51. The summed E-state index contributed by atoms with van der Waals surface area (Å²) in [5.41, 5.74) is 2.50. The second-order valence-electron chi connectivity index (χ2n) is 8.13. The quantitative estimate of drug-likeness (QED) is 0.401. The smallest absolute Gasteiger partial charge is 0.297 e. The Hall–Kier alpha value is -3.05. The van der Waals surface area contributed by atoms with Crippen LogP contribution in [-0.2, 0) is 33.3 Å². The number of aliphatic imine (C=N–C) groups is 1. The van der Waals surface area contributed by atoms with Crippen molar-refractivity contribution < 1.29 is 29.9 Å². The van der Waals surface area contributed by atoms with Gasteiger partial charge in [0.15, 0.2) is 0 Å². The molecule has 2 atom stereocenters.